The van der Waals surface area contributed by atoms with Gasteiger partial charge in [-0.2, -0.15) is 0 Å². The molecule has 0 bridgehead atoms. The lowest BCUT2D eigenvalue weighted by molar-refractivity contribution is -0.153. The summed E-state index contributed by atoms with van der Waals surface area (Å²) in [5.74, 6) is -0.333. The van der Waals surface area contributed by atoms with Gasteiger partial charge in [-0.15, -0.1) is 0 Å². The number of ether oxygens (including phenoxy) is 4. The third-order valence-electron chi connectivity index (χ3n) is 11.3. The maximum atomic E-state index is 13.9. The van der Waals surface area contributed by atoms with Crippen LogP contribution in [-0.4, -0.2) is 112 Å². The zero-order chi connectivity index (χ0) is 41.1. The fraction of sp³-hybridized carbons (Fsp3) is 0.476. The van der Waals surface area contributed by atoms with Gasteiger partial charge in [0.05, 0.1) is 69.8 Å². The molecule has 16 nitrogen and oxygen atoms in total. The molecular formula is C42H52N8O8. The third kappa shape index (κ3) is 8.29. The lowest BCUT2D eigenvalue weighted by atomic mass is 10.0. The number of benzene rings is 2. The van der Waals surface area contributed by atoms with Crippen molar-refractivity contribution < 1.29 is 38.1 Å². The van der Waals surface area contributed by atoms with E-state index in [-0.39, 0.29) is 36.2 Å². The van der Waals surface area contributed by atoms with Crippen molar-refractivity contribution in [3.63, 3.8) is 0 Å². The molecule has 0 radical (unpaired) electrons. The predicted molar refractivity (Wildman–Crippen MR) is 213 cm³/mol. The molecular weight excluding hydrogens is 745 g/mol. The Labute approximate surface area is 337 Å². The molecule has 1 spiro atoms. The van der Waals surface area contributed by atoms with Crippen LogP contribution < -0.4 is 10.6 Å². The van der Waals surface area contributed by atoms with E-state index < -0.39 is 36.1 Å². The molecule has 7 rings (SSSR count). The largest absolute Gasteiger partial charge is 0.453 e. The Kier molecular flexibility index (Phi) is 11.9. The molecule has 3 aliphatic heterocycles. The van der Waals surface area contributed by atoms with Gasteiger partial charge in [0.2, 0.25) is 11.8 Å². The number of carbonyl (C=O) groups is 4. The molecule has 3 aliphatic rings. The number of likely N-dealkylation sites (tertiary alicyclic amines) is 2. The molecule has 0 saturated carbocycles. The van der Waals surface area contributed by atoms with E-state index in [1.165, 1.54) is 14.2 Å². The number of carbonyl (C=O) groups excluding carboxylic acids is 4. The number of hydrogen-bond donors (Lipinski definition) is 4. The summed E-state index contributed by atoms with van der Waals surface area (Å²) in [5.41, 5.74) is 5.59. The SMILES string of the molecule is COC(=O)NC(C(=O)N1CCC[C@H]1c1ncc(-c2ccc(-c3ccc(-c4cnc([C@@H]5CC6(CN5C(=O)C(NC(=O)OC)C(C)C)OCCO6)[nH]4)cc3)cc2)[nH]1)C(C)C. The molecule has 4 aromatic rings. The van der Waals surface area contributed by atoms with Crippen LogP contribution in [0.5, 0.6) is 0 Å². The van der Waals surface area contributed by atoms with Crippen LogP contribution in [0.2, 0.25) is 0 Å². The topological polar surface area (TPSA) is 193 Å². The summed E-state index contributed by atoms with van der Waals surface area (Å²) in [6, 6.07) is 14.2. The molecule has 0 aliphatic carbocycles. The molecule has 2 aromatic heterocycles. The van der Waals surface area contributed by atoms with Gasteiger partial charge < -0.3 is 49.3 Å². The van der Waals surface area contributed by atoms with Crippen LogP contribution in [0.3, 0.4) is 0 Å². The van der Waals surface area contributed by atoms with Crippen LogP contribution in [0.4, 0.5) is 9.59 Å². The number of rotatable bonds is 11. The normalized spacial score (nSPS) is 19.8. The quantitative estimate of drug-likeness (QED) is 0.149. The minimum atomic E-state index is -0.933. The van der Waals surface area contributed by atoms with Crippen molar-refractivity contribution in [2.24, 2.45) is 11.8 Å². The zero-order valence-corrected chi connectivity index (χ0v) is 33.7. The van der Waals surface area contributed by atoms with Crippen molar-refractivity contribution in [3.8, 4) is 33.6 Å². The summed E-state index contributed by atoms with van der Waals surface area (Å²) in [4.78, 5) is 71.3. The van der Waals surface area contributed by atoms with Crippen molar-refractivity contribution in [3.05, 3.63) is 72.6 Å². The molecule has 3 saturated heterocycles. The highest BCUT2D eigenvalue weighted by atomic mass is 16.7. The van der Waals surface area contributed by atoms with E-state index in [4.69, 9.17) is 23.9 Å². The van der Waals surface area contributed by atoms with Crippen LogP contribution in [0, 0.1) is 11.8 Å². The van der Waals surface area contributed by atoms with E-state index in [1.807, 2.05) is 52.0 Å². The number of amides is 4. The third-order valence-corrected chi connectivity index (χ3v) is 11.3. The van der Waals surface area contributed by atoms with Crippen LogP contribution in [0.25, 0.3) is 33.6 Å². The van der Waals surface area contributed by atoms with E-state index in [1.54, 1.807) is 22.2 Å². The molecule has 5 heterocycles. The maximum absolute atomic E-state index is 13.9. The number of aromatic amines is 2. The van der Waals surface area contributed by atoms with Gasteiger partial charge in [0.1, 0.15) is 23.7 Å². The second-order valence-electron chi connectivity index (χ2n) is 15.7. The average Bonchev–Trinajstić information content (AvgIpc) is 4.09. The number of H-pyrrole nitrogens is 2. The number of imidazole rings is 2. The molecule has 2 unspecified atom stereocenters. The molecule has 308 valence electrons. The molecule has 4 N–H and O–H groups in total. The second-order valence-corrected chi connectivity index (χ2v) is 15.7. The highest BCUT2D eigenvalue weighted by Gasteiger charge is 2.52. The Morgan fingerprint density at radius 3 is 1.62 bits per heavy atom. The Bertz CT molecular complexity index is 2090. The average molecular weight is 797 g/mol. The van der Waals surface area contributed by atoms with Crippen molar-refractivity contribution >= 4 is 24.0 Å². The van der Waals surface area contributed by atoms with Crippen molar-refractivity contribution in [2.75, 3.05) is 40.5 Å². The first-order chi connectivity index (χ1) is 27.9. The Hall–Kier alpha value is -5.74. The van der Waals surface area contributed by atoms with Gasteiger partial charge >= 0.3 is 12.2 Å². The Morgan fingerprint density at radius 1 is 0.707 bits per heavy atom. The van der Waals surface area contributed by atoms with Crippen molar-refractivity contribution in [1.29, 1.82) is 0 Å². The molecule has 2 aromatic carbocycles. The first-order valence-electron chi connectivity index (χ1n) is 19.8. The van der Waals surface area contributed by atoms with E-state index >= 15 is 0 Å². The summed E-state index contributed by atoms with van der Waals surface area (Å²) < 4.78 is 21.6. The molecule has 4 amide bonds. The lowest BCUT2D eigenvalue weighted by Crippen LogP contribution is -2.52. The standard InChI is InChI=1S/C42H52N8O8/c1-24(2)34(47-40(53)55-5)38(51)49-17-7-8-32(49)36-43-21-30(45-36)28-13-9-26(10-14-28)27-11-15-29(16-12-27)31-22-44-37(46-31)33-20-42(57-18-19-58-42)23-50(33)39(52)35(25(3)4)48-41(54)56-6/h9-16,21-22,24-25,32-35H,7-8,17-20,23H2,1-6H3,(H,43,45)(H,44,46)(H,47,53)(H,48,54)/t32-,33-,34?,35?/m0/s1. The number of alkyl carbamates (subject to hydrolysis) is 2. The fourth-order valence-corrected chi connectivity index (χ4v) is 8.08. The molecule has 3 fully saturated rings. The summed E-state index contributed by atoms with van der Waals surface area (Å²) >= 11 is 0. The number of aromatic nitrogens is 4. The number of nitrogens with one attached hydrogen (secondary N) is 4. The Morgan fingerprint density at radius 2 is 1.16 bits per heavy atom. The smallest absolute Gasteiger partial charge is 0.407 e. The predicted octanol–water partition coefficient (Wildman–Crippen LogP) is 5.58. The number of hydrogen-bond acceptors (Lipinski definition) is 10. The van der Waals surface area contributed by atoms with Gasteiger partial charge in [-0.05, 0) is 46.9 Å². The molecule has 4 atom stereocenters. The highest BCUT2D eigenvalue weighted by Crippen LogP contribution is 2.43. The molecule has 58 heavy (non-hydrogen) atoms. The summed E-state index contributed by atoms with van der Waals surface area (Å²) in [6.07, 6.45) is 4.26. The summed E-state index contributed by atoms with van der Waals surface area (Å²) in [6.45, 7) is 9.20. The van der Waals surface area contributed by atoms with Gasteiger partial charge in [0.25, 0.3) is 0 Å². The van der Waals surface area contributed by atoms with Gasteiger partial charge in [-0.25, -0.2) is 19.6 Å². The van der Waals surface area contributed by atoms with E-state index in [2.05, 4.69) is 49.9 Å². The first kappa shape index (κ1) is 40.5. The highest BCUT2D eigenvalue weighted by molar-refractivity contribution is 5.87. The van der Waals surface area contributed by atoms with Gasteiger partial charge in [-0.1, -0.05) is 76.2 Å². The minimum Gasteiger partial charge on any atom is -0.453 e. The van der Waals surface area contributed by atoms with Crippen molar-refractivity contribution in [1.82, 2.24) is 40.4 Å². The van der Waals surface area contributed by atoms with Crippen LogP contribution in [0.15, 0.2) is 60.9 Å². The van der Waals surface area contributed by atoms with Gasteiger partial charge in [0, 0.05) is 13.0 Å². The van der Waals surface area contributed by atoms with Gasteiger partial charge in [0.15, 0.2) is 5.79 Å². The van der Waals surface area contributed by atoms with Crippen LogP contribution in [0.1, 0.15) is 70.7 Å². The van der Waals surface area contributed by atoms with E-state index in [9.17, 15) is 19.2 Å². The van der Waals surface area contributed by atoms with Crippen LogP contribution >= 0.6 is 0 Å². The molecule has 16 heteroatoms. The zero-order valence-electron chi connectivity index (χ0n) is 33.7. The minimum absolute atomic E-state index is 0.112. The Balaban J connectivity index is 1.03. The maximum Gasteiger partial charge on any atom is 0.407 e. The number of nitrogens with zero attached hydrogens (tertiary/aromatic N) is 4. The number of methoxy groups -OCH3 is 2. The van der Waals surface area contributed by atoms with Crippen LogP contribution in [-0.2, 0) is 28.5 Å². The first-order valence-corrected chi connectivity index (χ1v) is 19.8. The van der Waals surface area contributed by atoms with Crippen molar-refractivity contribution in [2.45, 2.75) is 76.9 Å². The monoisotopic (exact) mass is 796 g/mol. The van der Waals surface area contributed by atoms with E-state index in [0.717, 1.165) is 46.5 Å². The summed E-state index contributed by atoms with van der Waals surface area (Å²) in [7, 11) is 2.56. The lowest BCUT2D eigenvalue weighted by Gasteiger charge is -2.30. The summed E-state index contributed by atoms with van der Waals surface area (Å²) in [5, 5.41) is 5.38. The second kappa shape index (κ2) is 17.0. The fourth-order valence-electron chi connectivity index (χ4n) is 8.08. The van der Waals surface area contributed by atoms with E-state index in [0.29, 0.717) is 37.8 Å². The van der Waals surface area contributed by atoms with Gasteiger partial charge in [-0.3, -0.25) is 9.59 Å².